The van der Waals surface area contributed by atoms with Gasteiger partial charge < -0.3 is 4.74 Å². The maximum atomic E-state index is 4.80. The Kier molecular flexibility index (Phi) is 6.49. The molecule has 0 saturated carbocycles. The van der Waals surface area contributed by atoms with Crippen LogP contribution in [-0.2, 0) is 17.6 Å². The van der Waals surface area contributed by atoms with Crippen LogP contribution in [0.3, 0.4) is 0 Å². The van der Waals surface area contributed by atoms with Crippen LogP contribution in [0.15, 0.2) is 73.0 Å². The van der Waals surface area contributed by atoms with Gasteiger partial charge in [-0.1, -0.05) is 70.5 Å². The average Bonchev–Trinajstić information content (AvgIpc) is 2.78. The molecule has 0 radical (unpaired) electrons. The van der Waals surface area contributed by atoms with E-state index in [1.807, 2.05) is 18.2 Å². The van der Waals surface area contributed by atoms with Gasteiger partial charge in [0.25, 0.3) is 0 Å². The van der Waals surface area contributed by atoms with E-state index < -0.39 is 0 Å². The molecule has 5 rings (SSSR count). The second kappa shape index (κ2) is 9.43. The Labute approximate surface area is 176 Å². The van der Waals surface area contributed by atoms with Crippen LogP contribution in [0, 0.1) is 5.92 Å². The van der Waals surface area contributed by atoms with Crippen molar-refractivity contribution in [2.45, 2.75) is 32.1 Å². The topological polar surface area (TPSA) is 9.23 Å². The van der Waals surface area contributed by atoms with Crippen LogP contribution in [0.25, 0.3) is 21.5 Å². The predicted molar refractivity (Wildman–Crippen MR) is 124 cm³/mol. The molecule has 0 saturated heterocycles. The van der Waals surface area contributed by atoms with Crippen molar-refractivity contribution in [1.82, 2.24) is 0 Å². The first kappa shape index (κ1) is 19.3. The van der Waals surface area contributed by atoms with Crippen molar-refractivity contribution in [3.8, 4) is 0 Å². The lowest BCUT2D eigenvalue weighted by atomic mass is 9.79. The van der Waals surface area contributed by atoms with Gasteiger partial charge >= 0.3 is 0 Å². The van der Waals surface area contributed by atoms with Crippen LogP contribution in [0.1, 0.15) is 30.4 Å². The standard InChI is InChI=1S/C21H21Br.C5H6O/c22-13-3-4-15-7-10-19-17(14-15)9-12-20-18-6-2-1-5-16(18)8-11-21(19)20;1-2-4-6-5-3-1/h1-2,5-6,8-9,11-12,15H,3-4,7,10,13-14H2;1-4H,5H2. The van der Waals surface area contributed by atoms with Gasteiger partial charge in [0.05, 0.1) is 6.26 Å². The summed E-state index contributed by atoms with van der Waals surface area (Å²) in [6, 6.07) is 18.1. The van der Waals surface area contributed by atoms with E-state index in [1.165, 1.54) is 53.6 Å². The van der Waals surface area contributed by atoms with Crippen LogP contribution < -0.4 is 0 Å². The molecule has 1 aliphatic carbocycles. The Morgan fingerprint density at radius 3 is 2.57 bits per heavy atom. The van der Waals surface area contributed by atoms with Gasteiger partial charge in [-0.25, -0.2) is 0 Å². The number of rotatable bonds is 3. The van der Waals surface area contributed by atoms with E-state index in [0.29, 0.717) is 0 Å². The average molecular weight is 435 g/mol. The van der Waals surface area contributed by atoms with Gasteiger partial charge in [0.1, 0.15) is 6.61 Å². The fourth-order valence-corrected chi connectivity index (χ4v) is 4.73. The summed E-state index contributed by atoms with van der Waals surface area (Å²) in [5.41, 5.74) is 3.20. The largest absolute Gasteiger partial charge is 0.497 e. The summed E-state index contributed by atoms with van der Waals surface area (Å²) in [4.78, 5) is 0. The lowest BCUT2D eigenvalue weighted by molar-refractivity contribution is 0.286. The lowest BCUT2D eigenvalue weighted by Gasteiger charge is -2.26. The van der Waals surface area contributed by atoms with Gasteiger partial charge in [-0.15, -0.1) is 0 Å². The third-order valence-corrected chi connectivity index (χ3v) is 6.37. The highest BCUT2D eigenvalue weighted by Gasteiger charge is 2.20. The Balaban J connectivity index is 0.000000275. The zero-order chi connectivity index (χ0) is 19.2. The molecule has 0 bridgehead atoms. The van der Waals surface area contributed by atoms with Gasteiger partial charge in [-0.2, -0.15) is 0 Å². The van der Waals surface area contributed by atoms with Crippen molar-refractivity contribution in [2.24, 2.45) is 5.92 Å². The van der Waals surface area contributed by atoms with Gasteiger partial charge in [0.15, 0.2) is 0 Å². The maximum Gasteiger partial charge on any atom is 0.106 e. The van der Waals surface area contributed by atoms with Crippen molar-refractivity contribution < 1.29 is 4.74 Å². The molecule has 1 nitrogen and oxygen atoms in total. The molecule has 3 aromatic carbocycles. The molecule has 1 heterocycles. The Hall–Kier alpha value is -2.06. The van der Waals surface area contributed by atoms with E-state index >= 15 is 0 Å². The third-order valence-electron chi connectivity index (χ3n) is 5.81. The lowest BCUT2D eigenvalue weighted by Crippen LogP contribution is -2.14. The molecular formula is C26H27BrO. The fraction of sp³-hybridized carbons (Fsp3) is 0.308. The number of halogens is 1. The smallest absolute Gasteiger partial charge is 0.106 e. The number of benzene rings is 3. The van der Waals surface area contributed by atoms with Gasteiger partial charge in [-0.05, 0) is 82.8 Å². The van der Waals surface area contributed by atoms with Crippen molar-refractivity contribution in [2.75, 3.05) is 11.9 Å². The van der Waals surface area contributed by atoms with E-state index in [4.69, 9.17) is 4.74 Å². The van der Waals surface area contributed by atoms with Crippen molar-refractivity contribution >= 4 is 37.5 Å². The van der Waals surface area contributed by atoms with Crippen LogP contribution in [-0.4, -0.2) is 11.9 Å². The molecule has 0 amide bonds. The number of hydrogen-bond donors (Lipinski definition) is 0. The predicted octanol–water partition coefficient (Wildman–Crippen LogP) is 7.36. The number of hydrogen-bond acceptors (Lipinski definition) is 1. The Bertz CT molecular complexity index is 990. The molecule has 0 fully saturated rings. The van der Waals surface area contributed by atoms with Crippen LogP contribution >= 0.6 is 15.9 Å². The van der Waals surface area contributed by atoms with Crippen molar-refractivity contribution in [1.29, 1.82) is 0 Å². The molecule has 28 heavy (non-hydrogen) atoms. The van der Waals surface area contributed by atoms with E-state index in [9.17, 15) is 0 Å². The van der Waals surface area contributed by atoms with Gasteiger partial charge in [-0.3, -0.25) is 0 Å². The number of ether oxygens (including phenoxy) is 1. The highest BCUT2D eigenvalue weighted by Crippen LogP contribution is 2.35. The quantitative estimate of drug-likeness (QED) is 0.309. The summed E-state index contributed by atoms with van der Waals surface area (Å²) in [7, 11) is 0. The molecule has 2 aliphatic rings. The second-order valence-electron chi connectivity index (χ2n) is 7.62. The monoisotopic (exact) mass is 434 g/mol. The SMILES string of the molecule is BrCCCC1CCc2c(ccc3c2ccc2ccccc23)C1.C1=CCOC=C1. The first-order valence-corrected chi connectivity index (χ1v) is 11.4. The van der Waals surface area contributed by atoms with Crippen molar-refractivity contribution in [3.05, 3.63) is 84.1 Å². The molecule has 1 aliphatic heterocycles. The highest BCUT2D eigenvalue weighted by molar-refractivity contribution is 9.09. The minimum Gasteiger partial charge on any atom is -0.497 e. The fourth-order valence-electron chi connectivity index (χ4n) is 4.40. The highest BCUT2D eigenvalue weighted by atomic mass is 79.9. The summed E-state index contributed by atoms with van der Waals surface area (Å²) in [5, 5.41) is 6.79. The normalized spacial score (nSPS) is 17.7. The summed E-state index contributed by atoms with van der Waals surface area (Å²) >= 11 is 3.56. The Morgan fingerprint density at radius 1 is 0.929 bits per heavy atom. The molecule has 0 N–H and O–H groups in total. The molecule has 1 unspecified atom stereocenters. The molecule has 2 heteroatoms. The minimum absolute atomic E-state index is 0.733. The number of fused-ring (bicyclic) bond motifs is 5. The summed E-state index contributed by atoms with van der Waals surface area (Å²) in [6.45, 7) is 0.733. The zero-order valence-corrected chi connectivity index (χ0v) is 17.8. The number of aryl methyl sites for hydroxylation is 1. The molecule has 144 valence electrons. The van der Waals surface area contributed by atoms with Crippen LogP contribution in [0.4, 0.5) is 0 Å². The molecule has 0 aromatic heterocycles. The Morgan fingerprint density at radius 2 is 1.82 bits per heavy atom. The molecular weight excluding hydrogens is 408 g/mol. The van der Waals surface area contributed by atoms with Gasteiger partial charge in [0, 0.05) is 5.33 Å². The van der Waals surface area contributed by atoms with Crippen LogP contribution in [0.5, 0.6) is 0 Å². The number of allylic oxidation sites excluding steroid dienone is 2. The van der Waals surface area contributed by atoms with Gasteiger partial charge in [0.2, 0.25) is 0 Å². The van der Waals surface area contributed by atoms with E-state index in [-0.39, 0.29) is 0 Å². The van der Waals surface area contributed by atoms with Crippen molar-refractivity contribution in [3.63, 3.8) is 0 Å². The summed E-state index contributed by atoms with van der Waals surface area (Å²) in [6.07, 6.45) is 14.0. The minimum atomic E-state index is 0.733. The van der Waals surface area contributed by atoms with E-state index in [0.717, 1.165) is 17.9 Å². The van der Waals surface area contributed by atoms with E-state index in [1.54, 1.807) is 17.4 Å². The third kappa shape index (κ3) is 4.33. The number of alkyl halides is 1. The summed E-state index contributed by atoms with van der Waals surface area (Å²) < 4.78 is 4.80. The molecule has 3 aromatic rings. The zero-order valence-electron chi connectivity index (χ0n) is 16.2. The van der Waals surface area contributed by atoms with Crippen LogP contribution in [0.2, 0.25) is 0 Å². The van der Waals surface area contributed by atoms with E-state index in [2.05, 4.69) is 64.5 Å². The first-order chi connectivity index (χ1) is 13.9. The molecule has 1 atom stereocenters. The first-order valence-electron chi connectivity index (χ1n) is 10.3. The summed E-state index contributed by atoms with van der Waals surface area (Å²) in [5.74, 6) is 0.878. The second-order valence-corrected chi connectivity index (χ2v) is 8.41. The molecule has 0 spiro atoms. The maximum absolute atomic E-state index is 4.80.